The second-order valence-corrected chi connectivity index (χ2v) is 5.69. The van der Waals surface area contributed by atoms with E-state index in [0.717, 1.165) is 49.4 Å². The van der Waals surface area contributed by atoms with Crippen molar-refractivity contribution in [3.63, 3.8) is 0 Å². The van der Waals surface area contributed by atoms with Gasteiger partial charge in [-0.15, -0.1) is 24.0 Å². The van der Waals surface area contributed by atoms with E-state index in [1.807, 2.05) is 18.2 Å². The average molecular weight is 422 g/mol. The van der Waals surface area contributed by atoms with Crippen LogP contribution in [0.1, 0.15) is 31.7 Å². The third-order valence-electron chi connectivity index (χ3n) is 3.42. The molecule has 1 aromatic carbocycles. The molecule has 21 heavy (non-hydrogen) atoms. The molecule has 0 radical (unpaired) electrons. The van der Waals surface area contributed by atoms with Gasteiger partial charge in [0, 0.05) is 24.7 Å². The van der Waals surface area contributed by atoms with Gasteiger partial charge in [0.25, 0.3) is 0 Å². The number of nitrogens with zero attached hydrogens (tertiary/aromatic N) is 1. The SMILES string of the molecule is CCNC(=NCC1CC1)NCCCc1ccccc1Cl.I. The molecule has 1 fully saturated rings. The molecule has 3 nitrogen and oxygen atoms in total. The molecule has 0 spiro atoms. The standard InChI is InChI=1S/C16H24ClN3.HI/c1-2-18-16(20-12-13-9-10-13)19-11-5-7-14-6-3-4-8-15(14)17;/h3-4,6,8,13H,2,5,7,9-12H2,1H3,(H2,18,19,20);1H. The van der Waals surface area contributed by atoms with Gasteiger partial charge in [0.05, 0.1) is 0 Å². The average Bonchev–Trinajstić information content (AvgIpc) is 3.26. The van der Waals surface area contributed by atoms with E-state index < -0.39 is 0 Å². The van der Waals surface area contributed by atoms with Gasteiger partial charge in [0.15, 0.2) is 5.96 Å². The molecule has 1 saturated carbocycles. The zero-order chi connectivity index (χ0) is 14.2. The summed E-state index contributed by atoms with van der Waals surface area (Å²) >= 11 is 6.15. The first kappa shape index (κ1) is 18.6. The van der Waals surface area contributed by atoms with Crippen molar-refractivity contribution in [2.75, 3.05) is 19.6 Å². The van der Waals surface area contributed by atoms with E-state index in [1.165, 1.54) is 18.4 Å². The molecule has 0 saturated heterocycles. The summed E-state index contributed by atoms with van der Waals surface area (Å²) in [6.07, 6.45) is 4.73. The minimum Gasteiger partial charge on any atom is -0.357 e. The number of halogens is 2. The van der Waals surface area contributed by atoms with Crippen molar-refractivity contribution in [1.29, 1.82) is 0 Å². The Morgan fingerprint density at radius 2 is 2.05 bits per heavy atom. The summed E-state index contributed by atoms with van der Waals surface area (Å²) in [5.41, 5.74) is 1.22. The summed E-state index contributed by atoms with van der Waals surface area (Å²) in [6.45, 7) is 4.88. The van der Waals surface area contributed by atoms with Crippen LogP contribution in [-0.4, -0.2) is 25.6 Å². The molecule has 5 heteroatoms. The predicted molar refractivity (Wildman–Crippen MR) is 102 cm³/mol. The highest BCUT2D eigenvalue weighted by molar-refractivity contribution is 14.0. The van der Waals surface area contributed by atoms with Crippen LogP contribution in [0.3, 0.4) is 0 Å². The smallest absolute Gasteiger partial charge is 0.191 e. The van der Waals surface area contributed by atoms with Gasteiger partial charge >= 0.3 is 0 Å². The Morgan fingerprint density at radius 3 is 2.71 bits per heavy atom. The third kappa shape index (κ3) is 7.36. The highest BCUT2D eigenvalue weighted by atomic mass is 127. The van der Waals surface area contributed by atoms with Crippen LogP contribution in [0.4, 0.5) is 0 Å². The van der Waals surface area contributed by atoms with Crippen LogP contribution in [-0.2, 0) is 6.42 Å². The van der Waals surface area contributed by atoms with E-state index in [4.69, 9.17) is 11.6 Å². The first-order valence-electron chi connectivity index (χ1n) is 7.55. The number of nitrogens with one attached hydrogen (secondary N) is 2. The molecule has 0 aliphatic heterocycles. The van der Waals surface area contributed by atoms with Crippen LogP contribution in [0.15, 0.2) is 29.3 Å². The molecule has 2 N–H and O–H groups in total. The maximum atomic E-state index is 6.15. The molecule has 2 rings (SSSR count). The van der Waals surface area contributed by atoms with Crippen molar-refractivity contribution in [2.45, 2.75) is 32.6 Å². The minimum atomic E-state index is 0. The van der Waals surface area contributed by atoms with Crippen LogP contribution < -0.4 is 10.6 Å². The van der Waals surface area contributed by atoms with Crippen molar-refractivity contribution in [2.24, 2.45) is 10.9 Å². The van der Waals surface area contributed by atoms with Gasteiger partial charge in [-0.3, -0.25) is 4.99 Å². The highest BCUT2D eigenvalue weighted by Crippen LogP contribution is 2.28. The van der Waals surface area contributed by atoms with E-state index in [0.29, 0.717) is 0 Å². The Hall–Kier alpha value is -0.490. The normalized spacial score (nSPS) is 14.5. The molecule has 0 heterocycles. The van der Waals surface area contributed by atoms with Gasteiger partial charge in [0.1, 0.15) is 0 Å². The Labute approximate surface area is 150 Å². The fourth-order valence-electron chi connectivity index (χ4n) is 2.05. The van der Waals surface area contributed by atoms with Crippen molar-refractivity contribution < 1.29 is 0 Å². The van der Waals surface area contributed by atoms with Gasteiger partial charge < -0.3 is 10.6 Å². The van der Waals surface area contributed by atoms with Crippen LogP contribution in [0.25, 0.3) is 0 Å². The number of aryl methyl sites for hydroxylation is 1. The van der Waals surface area contributed by atoms with E-state index in [1.54, 1.807) is 0 Å². The molecular weight excluding hydrogens is 397 g/mol. The molecule has 1 aliphatic carbocycles. The number of hydrogen-bond acceptors (Lipinski definition) is 1. The van der Waals surface area contributed by atoms with Crippen LogP contribution in [0, 0.1) is 5.92 Å². The fraction of sp³-hybridized carbons (Fsp3) is 0.562. The largest absolute Gasteiger partial charge is 0.357 e. The third-order valence-corrected chi connectivity index (χ3v) is 3.79. The number of rotatable bonds is 7. The lowest BCUT2D eigenvalue weighted by molar-refractivity contribution is 0.736. The lowest BCUT2D eigenvalue weighted by Gasteiger charge is -2.11. The van der Waals surface area contributed by atoms with Gasteiger partial charge in [0.2, 0.25) is 0 Å². The summed E-state index contributed by atoms with van der Waals surface area (Å²) in [7, 11) is 0. The van der Waals surface area contributed by atoms with Gasteiger partial charge in [-0.2, -0.15) is 0 Å². The van der Waals surface area contributed by atoms with Crippen molar-refractivity contribution in [3.05, 3.63) is 34.9 Å². The highest BCUT2D eigenvalue weighted by Gasteiger charge is 2.20. The van der Waals surface area contributed by atoms with Crippen LogP contribution in [0.5, 0.6) is 0 Å². The molecule has 0 amide bonds. The molecule has 1 aromatic rings. The number of aliphatic imine (C=N–C) groups is 1. The summed E-state index contributed by atoms with van der Waals surface area (Å²) in [5, 5.41) is 7.54. The molecule has 0 bridgehead atoms. The number of guanidine groups is 1. The Morgan fingerprint density at radius 1 is 1.29 bits per heavy atom. The summed E-state index contributed by atoms with van der Waals surface area (Å²) in [4.78, 5) is 4.61. The van der Waals surface area contributed by atoms with E-state index in [2.05, 4.69) is 28.6 Å². The zero-order valence-electron chi connectivity index (χ0n) is 12.6. The van der Waals surface area contributed by atoms with Crippen molar-refractivity contribution in [1.82, 2.24) is 10.6 Å². The Kier molecular flexibility index (Phi) is 9.08. The summed E-state index contributed by atoms with van der Waals surface area (Å²) in [6, 6.07) is 8.05. The maximum absolute atomic E-state index is 6.15. The van der Waals surface area contributed by atoms with Gasteiger partial charge in [-0.25, -0.2) is 0 Å². The summed E-state index contributed by atoms with van der Waals surface area (Å²) < 4.78 is 0. The first-order valence-corrected chi connectivity index (χ1v) is 7.93. The van der Waals surface area contributed by atoms with Crippen molar-refractivity contribution >= 4 is 41.5 Å². The Balaban J connectivity index is 0.00000220. The van der Waals surface area contributed by atoms with E-state index >= 15 is 0 Å². The van der Waals surface area contributed by atoms with Crippen molar-refractivity contribution in [3.8, 4) is 0 Å². The quantitative estimate of drug-likeness (QED) is 0.304. The predicted octanol–water partition coefficient (Wildman–Crippen LogP) is 3.86. The van der Waals surface area contributed by atoms with Crippen LogP contribution >= 0.6 is 35.6 Å². The van der Waals surface area contributed by atoms with Gasteiger partial charge in [-0.1, -0.05) is 29.8 Å². The molecule has 118 valence electrons. The molecule has 0 aromatic heterocycles. The van der Waals surface area contributed by atoms with E-state index in [9.17, 15) is 0 Å². The molecule has 0 unspecified atom stereocenters. The molecule has 0 atom stereocenters. The minimum absolute atomic E-state index is 0. The molecule has 1 aliphatic rings. The second kappa shape index (κ2) is 10.3. The first-order chi connectivity index (χ1) is 9.79. The second-order valence-electron chi connectivity index (χ2n) is 5.28. The zero-order valence-corrected chi connectivity index (χ0v) is 15.7. The fourth-order valence-corrected chi connectivity index (χ4v) is 2.28. The Bertz CT molecular complexity index is 447. The van der Waals surface area contributed by atoms with Gasteiger partial charge in [-0.05, 0) is 50.2 Å². The number of benzene rings is 1. The molecular formula is C16H25ClIN3. The summed E-state index contributed by atoms with van der Waals surface area (Å²) in [5.74, 6) is 1.77. The lowest BCUT2D eigenvalue weighted by atomic mass is 10.1. The van der Waals surface area contributed by atoms with Crippen LogP contribution in [0.2, 0.25) is 5.02 Å². The topological polar surface area (TPSA) is 36.4 Å². The van der Waals surface area contributed by atoms with E-state index in [-0.39, 0.29) is 24.0 Å². The monoisotopic (exact) mass is 421 g/mol. The number of hydrogen-bond donors (Lipinski definition) is 2. The lowest BCUT2D eigenvalue weighted by Crippen LogP contribution is -2.38. The maximum Gasteiger partial charge on any atom is 0.191 e.